The number of piperazine rings is 1. The summed E-state index contributed by atoms with van der Waals surface area (Å²) in [7, 11) is 1.55. The van der Waals surface area contributed by atoms with Crippen molar-refractivity contribution in [1.29, 1.82) is 0 Å². The molecular weight excluding hydrogens is 284 g/mol. The van der Waals surface area contributed by atoms with Gasteiger partial charge in [-0.25, -0.2) is 0 Å². The van der Waals surface area contributed by atoms with Gasteiger partial charge in [0.15, 0.2) is 0 Å². The molecule has 0 atom stereocenters. The van der Waals surface area contributed by atoms with Crippen molar-refractivity contribution in [2.75, 3.05) is 51.7 Å². The van der Waals surface area contributed by atoms with Crippen LogP contribution < -0.4 is 15.8 Å². The van der Waals surface area contributed by atoms with Crippen LogP contribution in [-0.4, -0.2) is 68.0 Å². The smallest absolute Gasteiger partial charge is 0.313 e. The Bertz CT molecular complexity index is 527. The zero-order valence-electron chi connectivity index (χ0n) is 12.7. The monoisotopic (exact) mass is 306 g/mol. The first-order valence-corrected chi connectivity index (χ1v) is 7.30. The minimum atomic E-state index is -0.625. The normalized spacial score (nSPS) is 15.5. The van der Waals surface area contributed by atoms with E-state index in [9.17, 15) is 9.59 Å². The number of nitrogens with one attached hydrogen (secondary N) is 1. The van der Waals surface area contributed by atoms with Crippen molar-refractivity contribution in [2.45, 2.75) is 0 Å². The largest absolute Gasteiger partial charge is 0.497 e. The molecule has 120 valence electrons. The van der Waals surface area contributed by atoms with Gasteiger partial charge < -0.3 is 20.7 Å². The van der Waals surface area contributed by atoms with Crippen LogP contribution in [-0.2, 0) is 9.59 Å². The van der Waals surface area contributed by atoms with Crippen LogP contribution in [0.25, 0.3) is 0 Å². The maximum absolute atomic E-state index is 12.2. The Labute approximate surface area is 130 Å². The van der Waals surface area contributed by atoms with E-state index in [-0.39, 0.29) is 0 Å². The summed E-state index contributed by atoms with van der Waals surface area (Å²) >= 11 is 0. The summed E-state index contributed by atoms with van der Waals surface area (Å²) in [5, 5.41) is 2.61. The number of benzene rings is 1. The lowest BCUT2D eigenvalue weighted by molar-refractivity contribution is -0.144. The molecule has 7 heteroatoms. The van der Waals surface area contributed by atoms with Crippen molar-refractivity contribution < 1.29 is 14.3 Å². The number of ether oxygens (including phenoxy) is 1. The molecule has 7 nitrogen and oxygen atoms in total. The van der Waals surface area contributed by atoms with Crippen LogP contribution in [0.4, 0.5) is 5.69 Å². The molecule has 1 aliphatic rings. The Balaban J connectivity index is 1.88. The Morgan fingerprint density at radius 1 is 1.27 bits per heavy atom. The van der Waals surface area contributed by atoms with Crippen LogP contribution in [0.15, 0.2) is 24.3 Å². The fourth-order valence-electron chi connectivity index (χ4n) is 2.39. The average Bonchev–Trinajstić information content (AvgIpc) is 2.55. The minimum Gasteiger partial charge on any atom is -0.497 e. The summed E-state index contributed by atoms with van der Waals surface area (Å²) in [6.07, 6.45) is 0. The summed E-state index contributed by atoms with van der Waals surface area (Å²) < 4.78 is 5.09. The molecular formula is C15H22N4O3. The molecule has 3 N–H and O–H groups in total. The van der Waals surface area contributed by atoms with E-state index in [0.717, 1.165) is 19.6 Å². The lowest BCUT2D eigenvalue weighted by Crippen LogP contribution is -2.52. The molecule has 1 saturated heterocycles. The van der Waals surface area contributed by atoms with Crippen molar-refractivity contribution in [1.82, 2.24) is 9.80 Å². The maximum atomic E-state index is 12.2. The molecule has 0 saturated carbocycles. The van der Waals surface area contributed by atoms with Crippen molar-refractivity contribution in [3.05, 3.63) is 24.3 Å². The SMILES string of the molecule is COc1cccc(NC(=O)C(=O)N2CCN(CCN)CC2)c1. The number of carbonyl (C=O) groups is 2. The Kier molecular flexibility index (Phi) is 5.74. The van der Waals surface area contributed by atoms with Crippen LogP contribution in [0.3, 0.4) is 0 Å². The first-order chi connectivity index (χ1) is 10.6. The number of amides is 2. The van der Waals surface area contributed by atoms with Gasteiger partial charge in [0.2, 0.25) is 0 Å². The van der Waals surface area contributed by atoms with Crippen LogP contribution in [0.1, 0.15) is 0 Å². The van der Waals surface area contributed by atoms with Gasteiger partial charge in [-0.15, -0.1) is 0 Å². The van der Waals surface area contributed by atoms with E-state index in [1.54, 1.807) is 36.3 Å². The van der Waals surface area contributed by atoms with Crippen molar-refractivity contribution in [2.24, 2.45) is 5.73 Å². The summed E-state index contributed by atoms with van der Waals surface area (Å²) in [6, 6.07) is 6.91. The fourth-order valence-corrected chi connectivity index (χ4v) is 2.39. The van der Waals surface area contributed by atoms with Crippen LogP contribution >= 0.6 is 0 Å². The Hall–Kier alpha value is -2.12. The predicted molar refractivity (Wildman–Crippen MR) is 83.7 cm³/mol. The molecule has 0 aromatic heterocycles. The molecule has 1 aromatic rings. The third-order valence-electron chi connectivity index (χ3n) is 3.63. The number of hydrogen-bond acceptors (Lipinski definition) is 5. The van der Waals surface area contributed by atoms with E-state index >= 15 is 0 Å². The zero-order valence-corrected chi connectivity index (χ0v) is 12.7. The van der Waals surface area contributed by atoms with Gasteiger partial charge in [-0.3, -0.25) is 14.5 Å². The predicted octanol–water partition coefficient (Wildman–Crippen LogP) is -0.263. The van der Waals surface area contributed by atoms with Crippen molar-refractivity contribution in [3.8, 4) is 5.75 Å². The molecule has 0 aliphatic carbocycles. The summed E-state index contributed by atoms with van der Waals surface area (Å²) in [4.78, 5) is 28.0. The third-order valence-corrected chi connectivity index (χ3v) is 3.63. The maximum Gasteiger partial charge on any atom is 0.313 e. The minimum absolute atomic E-state index is 0.504. The van der Waals surface area contributed by atoms with Crippen LogP contribution in [0.5, 0.6) is 5.75 Å². The Morgan fingerprint density at radius 3 is 2.64 bits per heavy atom. The first kappa shape index (κ1) is 16.3. The molecule has 1 aliphatic heterocycles. The van der Waals surface area contributed by atoms with Crippen molar-refractivity contribution >= 4 is 17.5 Å². The van der Waals surface area contributed by atoms with E-state index in [1.807, 2.05) is 0 Å². The number of nitrogens with two attached hydrogens (primary N) is 1. The topological polar surface area (TPSA) is 87.9 Å². The molecule has 0 radical (unpaired) electrons. The van der Waals surface area contributed by atoms with E-state index in [2.05, 4.69) is 10.2 Å². The second kappa shape index (κ2) is 7.77. The molecule has 22 heavy (non-hydrogen) atoms. The van der Waals surface area contributed by atoms with E-state index in [4.69, 9.17) is 10.5 Å². The standard InChI is InChI=1S/C15H22N4O3/c1-22-13-4-2-3-12(11-13)17-14(20)15(21)19-9-7-18(6-5-16)8-10-19/h2-4,11H,5-10,16H2,1H3,(H,17,20). The third kappa shape index (κ3) is 4.19. The highest BCUT2D eigenvalue weighted by Crippen LogP contribution is 2.16. The highest BCUT2D eigenvalue weighted by Gasteiger charge is 2.25. The number of anilines is 1. The molecule has 1 fully saturated rings. The number of rotatable bonds is 4. The Morgan fingerprint density at radius 2 is 2.00 bits per heavy atom. The van der Waals surface area contributed by atoms with E-state index < -0.39 is 11.8 Å². The lowest BCUT2D eigenvalue weighted by Gasteiger charge is -2.34. The quantitative estimate of drug-likeness (QED) is 0.748. The second-order valence-corrected chi connectivity index (χ2v) is 5.11. The van der Waals surface area contributed by atoms with E-state index in [0.29, 0.717) is 31.1 Å². The molecule has 0 bridgehead atoms. The number of methoxy groups -OCH3 is 1. The first-order valence-electron chi connectivity index (χ1n) is 7.30. The fraction of sp³-hybridized carbons (Fsp3) is 0.467. The molecule has 1 heterocycles. The average molecular weight is 306 g/mol. The summed E-state index contributed by atoms with van der Waals surface area (Å²) in [6.45, 7) is 4.00. The van der Waals surface area contributed by atoms with Gasteiger partial charge in [-0.2, -0.15) is 0 Å². The van der Waals surface area contributed by atoms with Gasteiger partial charge in [0, 0.05) is 51.0 Å². The lowest BCUT2D eigenvalue weighted by atomic mass is 10.2. The molecule has 2 amide bonds. The molecule has 0 unspecified atom stereocenters. The van der Waals surface area contributed by atoms with Crippen molar-refractivity contribution in [3.63, 3.8) is 0 Å². The highest BCUT2D eigenvalue weighted by molar-refractivity contribution is 6.39. The van der Waals surface area contributed by atoms with Gasteiger partial charge in [-0.05, 0) is 12.1 Å². The van der Waals surface area contributed by atoms with Crippen LogP contribution in [0, 0.1) is 0 Å². The molecule has 1 aromatic carbocycles. The van der Waals surface area contributed by atoms with Gasteiger partial charge in [-0.1, -0.05) is 6.07 Å². The number of carbonyl (C=O) groups excluding carboxylic acids is 2. The van der Waals surface area contributed by atoms with Gasteiger partial charge >= 0.3 is 11.8 Å². The van der Waals surface area contributed by atoms with Gasteiger partial charge in [0.25, 0.3) is 0 Å². The second-order valence-electron chi connectivity index (χ2n) is 5.11. The summed E-state index contributed by atoms with van der Waals surface area (Å²) in [5.74, 6) is -0.503. The summed E-state index contributed by atoms with van der Waals surface area (Å²) in [5.41, 5.74) is 6.06. The zero-order chi connectivity index (χ0) is 15.9. The molecule has 0 spiro atoms. The van der Waals surface area contributed by atoms with Crippen LogP contribution in [0.2, 0.25) is 0 Å². The highest BCUT2D eigenvalue weighted by atomic mass is 16.5. The molecule has 2 rings (SSSR count). The van der Waals surface area contributed by atoms with Gasteiger partial charge in [0.1, 0.15) is 5.75 Å². The van der Waals surface area contributed by atoms with E-state index in [1.165, 1.54) is 0 Å². The number of nitrogens with zero attached hydrogens (tertiary/aromatic N) is 2. The van der Waals surface area contributed by atoms with Gasteiger partial charge in [0.05, 0.1) is 7.11 Å². The number of hydrogen-bond donors (Lipinski definition) is 2.